The molecule has 2 rings (SSSR count). The van der Waals surface area contributed by atoms with Crippen molar-refractivity contribution in [3.8, 4) is 0 Å². The molecule has 0 aromatic carbocycles. The number of ether oxygens (including phenoxy) is 1. The van der Waals surface area contributed by atoms with Crippen LogP contribution in [0.15, 0.2) is 0 Å². The van der Waals surface area contributed by atoms with Crippen molar-refractivity contribution in [2.75, 3.05) is 13.2 Å². The van der Waals surface area contributed by atoms with Crippen molar-refractivity contribution in [3.63, 3.8) is 0 Å². The lowest BCUT2D eigenvalue weighted by atomic mass is 10.1. The number of hydrogen-bond donors (Lipinski definition) is 2. The van der Waals surface area contributed by atoms with Gasteiger partial charge >= 0.3 is 0 Å². The van der Waals surface area contributed by atoms with Gasteiger partial charge in [-0.1, -0.05) is 0 Å². The largest absolute Gasteiger partial charge is 0.374 e. The minimum atomic E-state index is 0.204. The van der Waals surface area contributed by atoms with Crippen LogP contribution in [0.4, 0.5) is 0 Å². The highest BCUT2D eigenvalue weighted by molar-refractivity contribution is 5.75. The van der Waals surface area contributed by atoms with Crippen molar-refractivity contribution in [2.24, 2.45) is 5.73 Å². The van der Waals surface area contributed by atoms with Crippen molar-refractivity contribution in [3.05, 3.63) is 0 Å². The van der Waals surface area contributed by atoms with Crippen LogP contribution in [0.2, 0.25) is 0 Å². The molecule has 0 spiro atoms. The molecule has 3 N–H and O–H groups in total. The van der Waals surface area contributed by atoms with Gasteiger partial charge in [-0.25, -0.2) is 0 Å². The molecule has 2 atom stereocenters. The zero-order valence-corrected chi connectivity index (χ0v) is 7.12. The van der Waals surface area contributed by atoms with E-state index in [4.69, 9.17) is 15.9 Å². The summed E-state index contributed by atoms with van der Waals surface area (Å²) in [5, 5.41) is 7.39. The van der Waals surface area contributed by atoms with Gasteiger partial charge in [0.1, 0.15) is 0 Å². The number of hydrogen-bond acceptors (Lipinski definition) is 2. The predicted octanol–water partition coefficient (Wildman–Crippen LogP) is 0.133. The minimum absolute atomic E-state index is 0.204. The number of nitrogens with zero attached hydrogens (tertiary/aromatic N) is 1. The Kier molecular flexibility index (Phi) is 1.92. The van der Waals surface area contributed by atoms with E-state index in [1.54, 1.807) is 0 Å². The molecule has 0 aromatic heterocycles. The lowest BCUT2D eigenvalue weighted by Gasteiger charge is -2.37. The average molecular weight is 169 g/mol. The maximum atomic E-state index is 7.39. The molecule has 1 saturated heterocycles. The molecule has 1 heterocycles. The summed E-state index contributed by atoms with van der Waals surface area (Å²) in [6.07, 6.45) is 3.81. The molecule has 4 nitrogen and oxygen atoms in total. The van der Waals surface area contributed by atoms with Crippen LogP contribution < -0.4 is 5.73 Å². The fourth-order valence-corrected chi connectivity index (χ4v) is 2.22. The Labute approximate surface area is 72.2 Å². The number of guanidine groups is 1. The monoisotopic (exact) mass is 169 g/mol. The van der Waals surface area contributed by atoms with E-state index in [1.807, 2.05) is 4.90 Å². The molecule has 0 amide bonds. The molecule has 68 valence electrons. The molecule has 2 aliphatic rings. The van der Waals surface area contributed by atoms with Crippen molar-refractivity contribution >= 4 is 5.96 Å². The highest BCUT2D eigenvalue weighted by atomic mass is 16.5. The first-order valence-electron chi connectivity index (χ1n) is 4.51. The van der Waals surface area contributed by atoms with Gasteiger partial charge in [0.2, 0.25) is 0 Å². The van der Waals surface area contributed by atoms with Crippen LogP contribution in [0.1, 0.15) is 19.3 Å². The van der Waals surface area contributed by atoms with E-state index in [0.29, 0.717) is 12.1 Å². The first-order chi connectivity index (χ1) is 5.79. The zero-order valence-electron chi connectivity index (χ0n) is 7.12. The van der Waals surface area contributed by atoms with Crippen LogP contribution in [0.25, 0.3) is 0 Å². The van der Waals surface area contributed by atoms with E-state index in [0.717, 1.165) is 26.0 Å². The van der Waals surface area contributed by atoms with E-state index >= 15 is 0 Å². The van der Waals surface area contributed by atoms with Gasteiger partial charge in [0, 0.05) is 6.54 Å². The maximum absolute atomic E-state index is 7.39. The molecule has 1 aliphatic heterocycles. The molecular weight excluding hydrogens is 154 g/mol. The Balaban J connectivity index is 2.08. The molecule has 0 radical (unpaired) electrons. The molecule has 0 unspecified atom stereocenters. The topological polar surface area (TPSA) is 62.3 Å². The Morgan fingerprint density at radius 3 is 3.08 bits per heavy atom. The fraction of sp³-hybridized carbons (Fsp3) is 0.875. The van der Waals surface area contributed by atoms with E-state index in [-0.39, 0.29) is 5.96 Å². The Morgan fingerprint density at radius 2 is 2.33 bits per heavy atom. The third-order valence-corrected chi connectivity index (χ3v) is 2.79. The molecule has 1 aliphatic carbocycles. The smallest absolute Gasteiger partial charge is 0.188 e. The number of nitrogens with one attached hydrogen (secondary N) is 1. The molecule has 0 aromatic rings. The Bertz CT molecular complexity index is 195. The standard InChI is InChI=1S/C8H15N3O/c9-8(10)11-4-5-12-7-3-1-2-6(7)11/h6-7H,1-5H2,(H3,9,10)/t6-,7-/m0/s1. The molecular formula is C8H15N3O. The van der Waals surface area contributed by atoms with Crippen molar-refractivity contribution in [2.45, 2.75) is 31.4 Å². The lowest BCUT2D eigenvalue weighted by molar-refractivity contribution is -0.0300. The van der Waals surface area contributed by atoms with Crippen molar-refractivity contribution in [1.29, 1.82) is 5.41 Å². The van der Waals surface area contributed by atoms with Crippen LogP contribution in [0.5, 0.6) is 0 Å². The summed E-state index contributed by atoms with van der Waals surface area (Å²) in [4.78, 5) is 1.97. The second kappa shape index (κ2) is 2.94. The van der Waals surface area contributed by atoms with Gasteiger partial charge in [0.15, 0.2) is 5.96 Å². The molecule has 0 bridgehead atoms. The second-order valence-corrected chi connectivity index (χ2v) is 3.49. The second-order valence-electron chi connectivity index (χ2n) is 3.49. The quantitative estimate of drug-likeness (QED) is 0.400. The van der Waals surface area contributed by atoms with E-state index in [1.165, 1.54) is 6.42 Å². The van der Waals surface area contributed by atoms with Crippen LogP contribution >= 0.6 is 0 Å². The van der Waals surface area contributed by atoms with Gasteiger partial charge in [-0.05, 0) is 19.3 Å². The van der Waals surface area contributed by atoms with Gasteiger partial charge in [-0.15, -0.1) is 0 Å². The van der Waals surface area contributed by atoms with Crippen molar-refractivity contribution in [1.82, 2.24) is 4.90 Å². The zero-order chi connectivity index (χ0) is 8.55. The molecule has 1 saturated carbocycles. The highest BCUT2D eigenvalue weighted by Crippen LogP contribution is 2.28. The maximum Gasteiger partial charge on any atom is 0.188 e. The summed E-state index contributed by atoms with van der Waals surface area (Å²) in [5.41, 5.74) is 5.48. The minimum Gasteiger partial charge on any atom is -0.374 e. The summed E-state index contributed by atoms with van der Waals surface area (Å²) in [6.45, 7) is 1.51. The van der Waals surface area contributed by atoms with Crippen LogP contribution in [-0.2, 0) is 4.74 Å². The van der Waals surface area contributed by atoms with E-state index in [9.17, 15) is 0 Å². The highest BCUT2D eigenvalue weighted by Gasteiger charge is 2.36. The Morgan fingerprint density at radius 1 is 1.50 bits per heavy atom. The third kappa shape index (κ3) is 1.16. The lowest BCUT2D eigenvalue weighted by Crippen LogP contribution is -2.53. The van der Waals surface area contributed by atoms with Crippen LogP contribution in [0.3, 0.4) is 0 Å². The van der Waals surface area contributed by atoms with Gasteiger partial charge in [0.05, 0.1) is 18.8 Å². The number of fused-ring (bicyclic) bond motifs is 1. The first kappa shape index (κ1) is 7.86. The Hall–Kier alpha value is -0.770. The molecule has 12 heavy (non-hydrogen) atoms. The summed E-state index contributed by atoms with van der Waals surface area (Å²) in [5.74, 6) is 0.204. The van der Waals surface area contributed by atoms with Crippen molar-refractivity contribution < 1.29 is 4.74 Å². The molecule has 2 fully saturated rings. The summed E-state index contributed by atoms with van der Waals surface area (Å²) < 4.78 is 5.59. The van der Waals surface area contributed by atoms with Gasteiger partial charge in [-0.3, -0.25) is 5.41 Å². The fourth-order valence-electron chi connectivity index (χ4n) is 2.22. The molecule has 4 heteroatoms. The number of rotatable bonds is 0. The number of morpholine rings is 1. The normalized spacial score (nSPS) is 34.8. The van der Waals surface area contributed by atoms with Gasteiger partial charge < -0.3 is 15.4 Å². The van der Waals surface area contributed by atoms with Crippen LogP contribution in [0, 0.1) is 5.41 Å². The predicted molar refractivity (Wildman–Crippen MR) is 46.0 cm³/mol. The summed E-state index contributed by atoms with van der Waals surface area (Å²) in [6, 6.07) is 0.385. The number of nitrogens with two attached hydrogens (primary N) is 1. The summed E-state index contributed by atoms with van der Waals surface area (Å²) >= 11 is 0. The van der Waals surface area contributed by atoms with Gasteiger partial charge in [-0.2, -0.15) is 0 Å². The first-order valence-corrected chi connectivity index (χ1v) is 4.51. The third-order valence-electron chi connectivity index (χ3n) is 2.79. The van der Waals surface area contributed by atoms with Gasteiger partial charge in [0.25, 0.3) is 0 Å². The van der Waals surface area contributed by atoms with E-state index < -0.39 is 0 Å². The van der Waals surface area contributed by atoms with E-state index in [2.05, 4.69) is 0 Å². The summed E-state index contributed by atoms with van der Waals surface area (Å²) in [7, 11) is 0. The average Bonchev–Trinajstić information content (AvgIpc) is 2.49. The SMILES string of the molecule is N=C(N)N1CCO[C@H]2CCC[C@@H]21. The van der Waals surface area contributed by atoms with Crippen LogP contribution in [-0.4, -0.2) is 36.2 Å².